The third-order valence-electron chi connectivity index (χ3n) is 2.58. The van der Waals surface area contributed by atoms with Crippen molar-refractivity contribution in [1.29, 1.82) is 0 Å². The van der Waals surface area contributed by atoms with E-state index in [2.05, 4.69) is 4.74 Å². The number of hydrogen-bond acceptors (Lipinski definition) is 4. The Hall–Kier alpha value is -1.81. The summed E-state index contributed by atoms with van der Waals surface area (Å²) in [6.45, 7) is -1.42. The van der Waals surface area contributed by atoms with Gasteiger partial charge in [-0.15, -0.1) is 0 Å². The fourth-order valence-corrected chi connectivity index (χ4v) is 3.40. The molecular weight excluding hydrogens is 327 g/mol. The molecule has 1 aromatic carbocycles. The minimum absolute atomic E-state index is 0.504. The molecule has 0 aliphatic rings. The fraction of sp³-hybridized carbons (Fsp3) is 0.417. The average Bonchev–Trinajstić information content (AvgIpc) is 2.36. The zero-order valence-electron chi connectivity index (χ0n) is 11.7. The van der Waals surface area contributed by atoms with Crippen LogP contribution in [0.2, 0.25) is 0 Å². The van der Waals surface area contributed by atoms with Crippen LogP contribution in [0, 0.1) is 5.82 Å². The molecule has 6 nitrogen and oxygen atoms in total. The minimum atomic E-state index is -4.54. The van der Waals surface area contributed by atoms with E-state index in [1.807, 2.05) is 0 Å². The second-order valence-corrected chi connectivity index (χ2v) is 6.37. The topological polar surface area (TPSA) is 83.9 Å². The second kappa shape index (κ2) is 6.97. The number of halogens is 3. The van der Waals surface area contributed by atoms with E-state index in [-0.39, 0.29) is 0 Å². The molecule has 0 aromatic heterocycles. The summed E-state index contributed by atoms with van der Waals surface area (Å²) in [4.78, 5) is 9.93. The Balaban J connectivity index is 3.42. The van der Waals surface area contributed by atoms with Gasteiger partial charge in [0.25, 0.3) is 0 Å². The molecule has 1 aromatic rings. The maximum Gasteiger partial charge on any atom is 0.387 e. The first-order valence-electron chi connectivity index (χ1n) is 6.03. The highest BCUT2D eigenvalue weighted by molar-refractivity contribution is 7.89. The molecule has 1 rings (SSSR count). The predicted molar refractivity (Wildman–Crippen MR) is 69.7 cm³/mol. The van der Waals surface area contributed by atoms with Crippen LogP contribution in [0.3, 0.4) is 0 Å². The van der Waals surface area contributed by atoms with Crippen LogP contribution in [-0.4, -0.2) is 43.0 Å². The lowest BCUT2D eigenvalue weighted by atomic mass is 10.3. The van der Waals surface area contributed by atoms with E-state index in [4.69, 9.17) is 5.11 Å². The lowest BCUT2D eigenvalue weighted by Crippen LogP contribution is -2.40. The molecule has 0 fully saturated rings. The standard InChI is InChI=1S/C12H14F3NO5S/c1-7(2)16(6-11(17)18)22(19,20)10-5-8(13)3-4-9(10)21-12(14)15/h3-5,7,12H,6H2,1-2H3,(H,17,18). The molecule has 0 saturated carbocycles. The van der Waals surface area contributed by atoms with Crippen LogP contribution in [0.15, 0.2) is 23.1 Å². The van der Waals surface area contributed by atoms with Crippen molar-refractivity contribution in [3.05, 3.63) is 24.0 Å². The first-order valence-corrected chi connectivity index (χ1v) is 7.47. The fourth-order valence-electron chi connectivity index (χ4n) is 1.68. The van der Waals surface area contributed by atoms with Crippen molar-refractivity contribution in [1.82, 2.24) is 4.31 Å². The summed E-state index contributed by atoms with van der Waals surface area (Å²) in [7, 11) is -4.54. The highest BCUT2D eigenvalue weighted by atomic mass is 32.2. The summed E-state index contributed by atoms with van der Waals surface area (Å²) >= 11 is 0. The Morgan fingerprint density at radius 3 is 2.41 bits per heavy atom. The van der Waals surface area contributed by atoms with Gasteiger partial charge in [0, 0.05) is 6.04 Å². The van der Waals surface area contributed by atoms with Crippen molar-refractivity contribution in [2.75, 3.05) is 6.54 Å². The number of benzene rings is 1. The van der Waals surface area contributed by atoms with E-state index >= 15 is 0 Å². The van der Waals surface area contributed by atoms with Gasteiger partial charge in [-0.25, -0.2) is 12.8 Å². The van der Waals surface area contributed by atoms with Crippen LogP contribution in [0.5, 0.6) is 5.75 Å². The molecule has 0 aliphatic carbocycles. The largest absolute Gasteiger partial charge is 0.480 e. The zero-order valence-corrected chi connectivity index (χ0v) is 12.5. The maximum absolute atomic E-state index is 13.3. The van der Waals surface area contributed by atoms with Crippen LogP contribution >= 0.6 is 0 Å². The van der Waals surface area contributed by atoms with Gasteiger partial charge in [-0.05, 0) is 32.0 Å². The lowest BCUT2D eigenvalue weighted by molar-refractivity contribution is -0.137. The van der Waals surface area contributed by atoms with E-state index in [9.17, 15) is 26.4 Å². The molecule has 0 atom stereocenters. The van der Waals surface area contributed by atoms with Gasteiger partial charge in [-0.3, -0.25) is 4.79 Å². The summed E-state index contributed by atoms with van der Waals surface area (Å²) < 4.78 is 67.5. The van der Waals surface area contributed by atoms with E-state index in [1.54, 1.807) is 0 Å². The summed E-state index contributed by atoms with van der Waals surface area (Å²) in [6, 6.07) is 1.22. The third kappa shape index (κ3) is 4.34. The van der Waals surface area contributed by atoms with Crippen molar-refractivity contribution in [2.24, 2.45) is 0 Å². The van der Waals surface area contributed by atoms with Gasteiger partial charge in [0.15, 0.2) is 0 Å². The number of hydrogen-bond donors (Lipinski definition) is 1. The first-order chi connectivity index (χ1) is 10.1. The van der Waals surface area contributed by atoms with Gasteiger partial charge in [-0.1, -0.05) is 0 Å². The van der Waals surface area contributed by atoms with Crippen LogP contribution in [0.4, 0.5) is 13.2 Å². The van der Waals surface area contributed by atoms with E-state index in [0.717, 1.165) is 12.1 Å². The van der Waals surface area contributed by atoms with Crippen molar-refractivity contribution in [2.45, 2.75) is 31.4 Å². The highest BCUT2D eigenvalue weighted by Gasteiger charge is 2.32. The van der Waals surface area contributed by atoms with Gasteiger partial charge in [0.2, 0.25) is 10.0 Å². The molecule has 10 heteroatoms. The predicted octanol–water partition coefficient (Wildman–Crippen LogP) is 1.91. The van der Waals surface area contributed by atoms with E-state index in [0.29, 0.717) is 10.4 Å². The quantitative estimate of drug-likeness (QED) is 0.819. The molecule has 0 unspecified atom stereocenters. The Bertz CT molecular complexity index is 648. The smallest absolute Gasteiger partial charge is 0.387 e. The molecule has 0 amide bonds. The van der Waals surface area contributed by atoms with Gasteiger partial charge in [0.1, 0.15) is 23.0 Å². The normalized spacial score (nSPS) is 12.2. The van der Waals surface area contributed by atoms with Crippen LogP contribution in [0.1, 0.15) is 13.8 Å². The maximum atomic E-state index is 13.3. The van der Waals surface area contributed by atoms with Crippen molar-refractivity contribution < 1.29 is 36.2 Å². The van der Waals surface area contributed by atoms with Gasteiger partial charge >= 0.3 is 12.6 Å². The molecular formula is C12H14F3NO5S. The molecule has 0 bridgehead atoms. The Kier molecular flexibility index (Phi) is 5.78. The molecule has 124 valence electrons. The molecule has 0 heterocycles. The molecule has 1 N–H and O–H groups in total. The number of aliphatic carboxylic acids is 1. The van der Waals surface area contributed by atoms with Crippen molar-refractivity contribution in [3.8, 4) is 5.75 Å². The number of rotatable bonds is 7. The zero-order chi connectivity index (χ0) is 17.1. The second-order valence-electron chi connectivity index (χ2n) is 4.51. The van der Waals surface area contributed by atoms with E-state index in [1.165, 1.54) is 13.8 Å². The number of nitrogens with zero attached hydrogens (tertiary/aromatic N) is 1. The lowest BCUT2D eigenvalue weighted by Gasteiger charge is -2.25. The SMILES string of the molecule is CC(C)N(CC(=O)O)S(=O)(=O)c1cc(F)ccc1OC(F)F. The monoisotopic (exact) mass is 341 g/mol. The summed E-state index contributed by atoms with van der Waals surface area (Å²) in [5.41, 5.74) is 0. The van der Waals surface area contributed by atoms with Gasteiger partial charge < -0.3 is 9.84 Å². The molecule has 0 saturated heterocycles. The Labute approximate surface area is 125 Å². The summed E-state index contributed by atoms with van der Waals surface area (Å²) in [5.74, 6) is -3.18. The molecule has 22 heavy (non-hydrogen) atoms. The number of carboxylic acids is 1. The third-order valence-corrected chi connectivity index (χ3v) is 4.62. The van der Waals surface area contributed by atoms with Crippen molar-refractivity contribution in [3.63, 3.8) is 0 Å². The molecule has 0 radical (unpaired) electrons. The van der Waals surface area contributed by atoms with Gasteiger partial charge in [0.05, 0.1) is 0 Å². The molecule has 0 spiro atoms. The van der Waals surface area contributed by atoms with Crippen LogP contribution < -0.4 is 4.74 Å². The Morgan fingerprint density at radius 1 is 1.36 bits per heavy atom. The minimum Gasteiger partial charge on any atom is -0.480 e. The van der Waals surface area contributed by atoms with Crippen LogP contribution in [0.25, 0.3) is 0 Å². The van der Waals surface area contributed by atoms with Gasteiger partial charge in [-0.2, -0.15) is 13.1 Å². The highest BCUT2D eigenvalue weighted by Crippen LogP contribution is 2.29. The number of ether oxygens (including phenoxy) is 1. The number of sulfonamides is 1. The van der Waals surface area contributed by atoms with Crippen LogP contribution in [-0.2, 0) is 14.8 Å². The Morgan fingerprint density at radius 2 is 1.95 bits per heavy atom. The molecule has 0 aliphatic heterocycles. The average molecular weight is 341 g/mol. The number of carbonyl (C=O) groups is 1. The number of alkyl halides is 2. The van der Waals surface area contributed by atoms with Crippen molar-refractivity contribution >= 4 is 16.0 Å². The summed E-state index contributed by atoms with van der Waals surface area (Å²) in [6.07, 6.45) is 0. The first kappa shape index (κ1) is 18.2. The van der Waals surface area contributed by atoms with E-state index < -0.39 is 51.7 Å². The summed E-state index contributed by atoms with van der Waals surface area (Å²) in [5, 5.41) is 8.78. The number of carboxylic acid groups (broad SMARTS) is 1.